The molecule has 0 amide bonds. The van der Waals surface area contributed by atoms with E-state index in [1.165, 1.54) is 0 Å². The van der Waals surface area contributed by atoms with Crippen LogP contribution in [0.2, 0.25) is 0 Å². The van der Waals surface area contributed by atoms with Gasteiger partial charge < -0.3 is 4.98 Å². The van der Waals surface area contributed by atoms with E-state index in [2.05, 4.69) is 32.7 Å². The quantitative estimate of drug-likeness (QED) is 0.791. The van der Waals surface area contributed by atoms with Gasteiger partial charge >= 0.3 is 0 Å². The lowest BCUT2D eigenvalue weighted by molar-refractivity contribution is 0.0941. The van der Waals surface area contributed by atoms with Crippen LogP contribution in [0.15, 0.2) is 30.3 Å². The molecule has 0 radical (unpaired) electrons. The molecule has 1 N–H and O–H groups in total. The fraction of sp³-hybridized carbons (Fsp3) is 0.438. The van der Waals surface area contributed by atoms with Gasteiger partial charge in [-0.3, -0.25) is 4.79 Å². The number of aromatic nitrogens is 1. The van der Waals surface area contributed by atoms with E-state index in [0.29, 0.717) is 0 Å². The molecule has 0 bridgehead atoms. The summed E-state index contributed by atoms with van der Waals surface area (Å²) in [6, 6.07) is 10.00. The first-order valence-corrected chi connectivity index (χ1v) is 6.47. The summed E-state index contributed by atoms with van der Waals surface area (Å²) >= 11 is 0. The van der Waals surface area contributed by atoms with Crippen LogP contribution in [0.5, 0.6) is 0 Å². The number of H-pyrrole nitrogens is 1. The number of nitrogens with one attached hydrogen (secondary N) is 1. The van der Waals surface area contributed by atoms with E-state index >= 15 is 0 Å². The van der Waals surface area contributed by atoms with Crippen molar-refractivity contribution in [3.63, 3.8) is 0 Å². The zero-order valence-corrected chi connectivity index (χ0v) is 11.4. The number of hydrogen-bond acceptors (Lipinski definition) is 1. The number of hydrogen-bond donors (Lipinski definition) is 1. The van der Waals surface area contributed by atoms with Crippen molar-refractivity contribution in [1.82, 2.24) is 4.98 Å². The third kappa shape index (κ3) is 1.32. The van der Waals surface area contributed by atoms with Crippen LogP contribution in [0.25, 0.3) is 10.9 Å². The Bertz CT molecular complexity index is 586. The van der Waals surface area contributed by atoms with Crippen molar-refractivity contribution in [3.05, 3.63) is 36.0 Å². The Morgan fingerprint density at radius 1 is 1.11 bits per heavy atom. The second-order valence-electron chi connectivity index (χ2n) is 6.51. The summed E-state index contributed by atoms with van der Waals surface area (Å²) in [6.07, 6.45) is 0. The molecule has 0 aliphatic heterocycles. The average Bonchev–Trinajstić information content (AvgIpc) is 2.67. The number of rotatable bonds is 2. The zero-order chi connectivity index (χ0) is 13.1. The molecule has 2 heteroatoms. The molecule has 2 aromatic rings. The lowest BCUT2D eigenvalue weighted by Gasteiger charge is -2.03. The molecule has 1 aliphatic rings. The standard InChI is InChI=1S/C16H19NO/c1-15(2)14(16(15,3)4)13(18)12-9-10-7-5-6-8-11(10)17-12/h5-9,14,17H,1-4H3. The molecule has 94 valence electrons. The highest BCUT2D eigenvalue weighted by atomic mass is 16.1. The van der Waals surface area contributed by atoms with Gasteiger partial charge in [0.05, 0.1) is 5.69 Å². The zero-order valence-electron chi connectivity index (χ0n) is 11.4. The Balaban J connectivity index is 1.99. The van der Waals surface area contributed by atoms with Crippen LogP contribution in [0.1, 0.15) is 38.2 Å². The number of para-hydroxylation sites is 1. The Morgan fingerprint density at radius 2 is 1.72 bits per heavy atom. The van der Waals surface area contributed by atoms with Crippen molar-refractivity contribution >= 4 is 16.7 Å². The lowest BCUT2D eigenvalue weighted by atomic mass is 10.0. The monoisotopic (exact) mass is 241 g/mol. The minimum Gasteiger partial charge on any atom is -0.352 e. The number of ketones is 1. The minimum atomic E-state index is 0.0986. The van der Waals surface area contributed by atoms with Crippen molar-refractivity contribution in [2.24, 2.45) is 16.7 Å². The van der Waals surface area contributed by atoms with E-state index in [1.54, 1.807) is 0 Å². The van der Waals surface area contributed by atoms with Crippen LogP contribution in [0.4, 0.5) is 0 Å². The number of aromatic amines is 1. The number of benzene rings is 1. The van der Waals surface area contributed by atoms with E-state index in [-0.39, 0.29) is 22.5 Å². The molecule has 1 aliphatic carbocycles. The molecule has 2 nitrogen and oxygen atoms in total. The summed E-state index contributed by atoms with van der Waals surface area (Å²) in [7, 11) is 0. The molecule has 3 rings (SSSR count). The first-order chi connectivity index (χ1) is 8.35. The SMILES string of the molecule is CC1(C)C(C(=O)c2cc3ccccc3[nH]2)C1(C)C. The topological polar surface area (TPSA) is 32.9 Å². The molecular weight excluding hydrogens is 222 g/mol. The van der Waals surface area contributed by atoms with Crippen molar-refractivity contribution in [1.29, 1.82) is 0 Å². The summed E-state index contributed by atoms with van der Waals surface area (Å²) in [5.74, 6) is 0.374. The van der Waals surface area contributed by atoms with E-state index in [9.17, 15) is 4.79 Å². The minimum absolute atomic E-state index is 0.0986. The highest BCUT2D eigenvalue weighted by molar-refractivity contribution is 6.03. The Morgan fingerprint density at radius 3 is 2.28 bits per heavy atom. The van der Waals surface area contributed by atoms with Gasteiger partial charge in [0.2, 0.25) is 0 Å². The highest BCUT2D eigenvalue weighted by Crippen LogP contribution is 2.69. The Labute approximate surface area is 107 Å². The number of fused-ring (bicyclic) bond motifs is 1. The second-order valence-corrected chi connectivity index (χ2v) is 6.51. The van der Waals surface area contributed by atoms with Crippen LogP contribution in [-0.4, -0.2) is 10.8 Å². The van der Waals surface area contributed by atoms with Gasteiger partial charge in [0, 0.05) is 16.8 Å². The third-order valence-corrected chi connectivity index (χ3v) is 5.08. The molecule has 1 aromatic heterocycles. The van der Waals surface area contributed by atoms with Crippen molar-refractivity contribution in [2.75, 3.05) is 0 Å². The smallest absolute Gasteiger partial charge is 0.183 e. The summed E-state index contributed by atoms with van der Waals surface area (Å²) in [5.41, 5.74) is 1.99. The van der Waals surface area contributed by atoms with E-state index in [0.717, 1.165) is 16.6 Å². The van der Waals surface area contributed by atoms with Gasteiger partial charge in [-0.1, -0.05) is 45.9 Å². The van der Waals surface area contributed by atoms with Gasteiger partial charge in [0.15, 0.2) is 5.78 Å². The van der Waals surface area contributed by atoms with Crippen molar-refractivity contribution in [3.8, 4) is 0 Å². The van der Waals surface area contributed by atoms with Gasteiger partial charge in [-0.15, -0.1) is 0 Å². The van der Waals surface area contributed by atoms with E-state index in [4.69, 9.17) is 0 Å². The molecule has 0 unspecified atom stereocenters. The fourth-order valence-electron chi connectivity index (χ4n) is 3.21. The fourth-order valence-corrected chi connectivity index (χ4v) is 3.21. The predicted octanol–water partition coefficient (Wildman–Crippen LogP) is 4.03. The first kappa shape index (κ1) is 11.5. The lowest BCUT2D eigenvalue weighted by Crippen LogP contribution is -2.07. The molecule has 1 heterocycles. The summed E-state index contributed by atoms with van der Waals surface area (Å²) in [4.78, 5) is 15.8. The molecule has 1 aromatic carbocycles. The average molecular weight is 241 g/mol. The van der Waals surface area contributed by atoms with Crippen molar-refractivity contribution < 1.29 is 4.79 Å². The highest BCUT2D eigenvalue weighted by Gasteiger charge is 2.68. The van der Waals surface area contributed by atoms with Gasteiger partial charge in [-0.05, 0) is 23.0 Å². The molecule has 0 atom stereocenters. The Kier molecular flexibility index (Phi) is 2.08. The van der Waals surface area contributed by atoms with Crippen molar-refractivity contribution in [2.45, 2.75) is 27.7 Å². The largest absolute Gasteiger partial charge is 0.352 e. The maximum absolute atomic E-state index is 12.6. The van der Waals surface area contributed by atoms with E-state index in [1.807, 2.05) is 30.3 Å². The second kappa shape index (κ2) is 3.25. The molecule has 18 heavy (non-hydrogen) atoms. The van der Waals surface area contributed by atoms with Crippen LogP contribution in [-0.2, 0) is 0 Å². The molecule has 0 saturated heterocycles. The predicted molar refractivity (Wildman–Crippen MR) is 73.7 cm³/mol. The molecular formula is C16H19NO. The Hall–Kier alpha value is -1.57. The molecule has 1 fully saturated rings. The van der Waals surface area contributed by atoms with Crippen LogP contribution in [0.3, 0.4) is 0 Å². The van der Waals surface area contributed by atoms with Gasteiger partial charge in [0.25, 0.3) is 0 Å². The van der Waals surface area contributed by atoms with Gasteiger partial charge in [-0.2, -0.15) is 0 Å². The maximum Gasteiger partial charge on any atom is 0.183 e. The van der Waals surface area contributed by atoms with Gasteiger partial charge in [0.1, 0.15) is 0 Å². The van der Waals surface area contributed by atoms with Gasteiger partial charge in [-0.25, -0.2) is 0 Å². The van der Waals surface area contributed by atoms with Crippen LogP contribution in [0, 0.1) is 16.7 Å². The molecule has 0 spiro atoms. The number of Topliss-reactive ketones (excluding diaryl/α,β-unsaturated/α-hetero) is 1. The van der Waals surface area contributed by atoms with Crippen LogP contribution < -0.4 is 0 Å². The third-order valence-electron chi connectivity index (χ3n) is 5.08. The number of carbonyl (C=O) groups is 1. The maximum atomic E-state index is 12.6. The number of carbonyl (C=O) groups excluding carboxylic acids is 1. The summed E-state index contributed by atoms with van der Waals surface area (Å²) < 4.78 is 0. The first-order valence-electron chi connectivity index (χ1n) is 6.47. The van der Waals surface area contributed by atoms with E-state index < -0.39 is 0 Å². The van der Waals surface area contributed by atoms with Crippen LogP contribution >= 0.6 is 0 Å². The summed E-state index contributed by atoms with van der Waals surface area (Å²) in [5, 5.41) is 1.11. The molecule has 1 saturated carbocycles. The summed E-state index contributed by atoms with van der Waals surface area (Å²) in [6.45, 7) is 8.72. The normalized spacial score (nSPS) is 21.1.